The fourth-order valence-corrected chi connectivity index (χ4v) is 1.95. The van der Waals surface area contributed by atoms with Crippen molar-refractivity contribution >= 4 is 11.8 Å². The van der Waals surface area contributed by atoms with Gasteiger partial charge in [0.25, 0.3) is 0 Å². The van der Waals surface area contributed by atoms with Crippen molar-refractivity contribution in [3.8, 4) is 0 Å². The third-order valence-electron chi connectivity index (χ3n) is 2.89. The van der Waals surface area contributed by atoms with E-state index in [1.165, 1.54) is 0 Å². The summed E-state index contributed by atoms with van der Waals surface area (Å²) in [6, 6.07) is 12.6. The number of carbonyl (C=O) groups excluding carboxylic acids is 1. The molecule has 0 saturated carbocycles. The summed E-state index contributed by atoms with van der Waals surface area (Å²) in [5, 5.41) is 8.62. The standard InChI is InChI=1S/C15H15NO3/c17-14(18)9-5-11-16-10-4-8-13(16)15(19)12-6-2-1-3-7-12/h1-4,6-8,10H,5,9,11H2,(H,17,18). The molecule has 0 saturated heterocycles. The molecule has 0 bridgehead atoms. The number of ketones is 1. The second kappa shape index (κ2) is 6.00. The Kier molecular flexibility index (Phi) is 4.13. The first-order valence-corrected chi connectivity index (χ1v) is 6.15. The van der Waals surface area contributed by atoms with E-state index in [9.17, 15) is 9.59 Å². The molecule has 0 atom stereocenters. The number of carboxylic acid groups (broad SMARTS) is 1. The summed E-state index contributed by atoms with van der Waals surface area (Å²) < 4.78 is 1.80. The van der Waals surface area contributed by atoms with Gasteiger partial charge in [0, 0.05) is 24.7 Å². The zero-order chi connectivity index (χ0) is 13.7. The third-order valence-corrected chi connectivity index (χ3v) is 2.89. The van der Waals surface area contributed by atoms with Crippen LogP contribution in [0.4, 0.5) is 0 Å². The molecule has 0 unspecified atom stereocenters. The Hall–Kier alpha value is -2.36. The van der Waals surface area contributed by atoms with Gasteiger partial charge >= 0.3 is 5.97 Å². The molecule has 4 heteroatoms. The number of benzene rings is 1. The number of carbonyl (C=O) groups is 2. The Morgan fingerprint density at radius 2 is 1.79 bits per heavy atom. The lowest BCUT2D eigenvalue weighted by Crippen LogP contribution is -2.10. The van der Waals surface area contributed by atoms with E-state index in [1.54, 1.807) is 35.0 Å². The van der Waals surface area contributed by atoms with Crippen molar-refractivity contribution in [3.05, 3.63) is 59.9 Å². The highest BCUT2D eigenvalue weighted by Crippen LogP contribution is 2.11. The van der Waals surface area contributed by atoms with Crippen molar-refractivity contribution in [1.82, 2.24) is 4.57 Å². The van der Waals surface area contributed by atoms with Crippen LogP contribution in [-0.2, 0) is 11.3 Å². The molecule has 0 radical (unpaired) electrons. The van der Waals surface area contributed by atoms with E-state index in [2.05, 4.69) is 0 Å². The van der Waals surface area contributed by atoms with Crippen molar-refractivity contribution in [1.29, 1.82) is 0 Å². The third kappa shape index (κ3) is 3.31. The molecule has 0 fully saturated rings. The minimum Gasteiger partial charge on any atom is -0.481 e. The van der Waals surface area contributed by atoms with Crippen molar-refractivity contribution in [2.75, 3.05) is 0 Å². The predicted octanol–water partition coefficient (Wildman–Crippen LogP) is 2.58. The summed E-state index contributed by atoms with van der Waals surface area (Å²) in [6.45, 7) is 0.535. The van der Waals surface area contributed by atoms with Gasteiger partial charge in [-0.2, -0.15) is 0 Å². The Bertz CT molecular complexity index is 572. The molecular formula is C15H15NO3. The molecule has 0 aliphatic heterocycles. The molecule has 1 N–H and O–H groups in total. The molecule has 1 heterocycles. The zero-order valence-corrected chi connectivity index (χ0v) is 10.5. The van der Waals surface area contributed by atoms with Crippen molar-refractivity contribution in [2.45, 2.75) is 19.4 Å². The number of hydrogen-bond donors (Lipinski definition) is 1. The normalized spacial score (nSPS) is 10.3. The van der Waals surface area contributed by atoms with Gasteiger partial charge in [-0.3, -0.25) is 9.59 Å². The molecule has 0 aliphatic rings. The summed E-state index contributed by atoms with van der Waals surface area (Å²) >= 11 is 0. The van der Waals surface area contributed by atoms with Crippen molar-refractivity contribution in [2.24, 2.45) is 0 Å². The lowest BCUT2D eigenvalue weighted by molar-refractivity contribution is -0.137. The Labute approximate surface area is 111 Å². The number of nitrogens with zero attached hydrogens (tertiary/aromatic N) is 1. The maximum absolute atomic E-state index is 12.3. The summed E-state index contributed by atoms with van der Waals surface area (Å²) in [7, 11) is 0. The van der Waals surface area contributed by atoms with Gasteiger partial charge in [0.2, 0.25) is 5.78 Å². The highest BCUT2D eigenvalue weighted by Gasteiger charge is 2.12. The Morgan fingerprint density at radius 1 is 1.05 bits per heavy atom. The van der Waals surface area contributed by atoms with Crippen LogP contribution in [0.5, 0.6) is 0 Å². The second-order valence-corrected chi connectivity index (χ2v) is 4.28. The second-order valence-electron chi connectivity index (χ2n) is 4.28. The van der Waals surface area contributed by atoms with E-state index in [-0.39, 0.29) is 12.2 Å². The molecule has 2 aromatic rings. The maximum Gasteiger partial charge on any atom is 0.303 e. The first-order chi connectivity index (χ1) is 9.18. The van der Waals surface area contributed by atoms with E-state index in [0.29, 0.717) is 24.2 Å². The average molecular weight is 257 g/mol. The molecule has 0 aliphatic carbocycles. The Morgan fingerprint density at radius 3 is 2.47 bits per heavy atom. The molecular weight excluding hydrogens is 242 g/mol. The van der Waals surface area contributed by atoms with Crippen LogP contribution < -0.4 is 0 Å². The van der Waals surface area contributed by atoms with Crippen LogP contribution in [0, 0.1) is 0 Å². The summed E-state index contributed by atoms with van der Waals surface area (Å²) in [5.74, 6) is -0.857. The number of aromatic nitrogens is 1. The summed E-state index contributed by atoms with van der Waals surface area (Å²) in [5.41, 5.74) is 1.23. The van der Waals surface area contributed by atoms with Crippen LogP contribution in [0.1, 0.15) is 28.9 Å². The molecule has 1 aromatic heterocycles. The number of hydrogen-bond acceptors (Lipinski definition) is 2. The quantitative estimate of drug-likeness (QED) is 0.809. The van der Waals surface area contributed by atoms with Gasteiger partial charge in [0.05, 0.1) is 5.69 Å². The number of carboxylic acids is 1. The van der Waals surface area contributed by atoms with Crippen LogP contribution in [0.3, 0.4) is 0 Å². The van der Waals surface area contributed by atoms with Gasteiger partial charge in [0.1, 0.15) is 0 Å². The fourth-order valence-electron chi connectivity index (χ4n) is 1.95. The van der Waals surface area contributed by atoms with Crippen LogP contribution in [0.2, 0.25) is 0 Å². The Balaban J connectivity index is 2.11. The molecule has 2 rings (SSSR count). The first kappa shape index (κ1) is 13.1. The lowest BCUT2D eigenvalue weighted by Gasteiger charge is -2.07. The topological polar surface area (TPSA) is 59.3 Å². The number of aryl methyl sites for hydroxylation is 1. The van der Waals surface area contributed by atoms with Gasteiger partial charge in [-0.25, -0.2) is 0 Å². The largest absolute Gasteiger partial charge is 0.481 e. The molecule has 4 nitrogen and oxygen atoms in total. The van der Waals surface area contributed by atoms with Gasteiger partial charge in [-0.15, -0.1) is 0 Å². The smallest absolute Gasteiger partial charge is 0.303 e. The van der Waals surface area contributed by atoms with E-state index in [0.717, 1.165) is 0 Å². The van der Waals surface area contributed by atoms with Gasteiger partial charge in [0.15, 0.2) is 0 Å². The van der Waals surface area contributed by atoms with E-state index in [1.807, 2.05) is 18.2 Å². The van der Waals surface area contributed by atoms with Crippen molar-refractivity contribution < 1.29 is 14.7 Å². The van der Waals surface area contributed by atoms with Gasteiger partial charge in [-0.1, -0.05) is 30.3 Å². The fraction of sp³-hybridized carbons (Fsp3) is 0.200. The van der Waals surface area contributed by atoms with Gasteiger partial charge < -0.3 is 9.67 Å². The highest BCUT2D eigenvalue weighted by atomic mass is 16.4. The molecule has 19 heavy (non-hydrogen) atoms. The van der Waals surface area contributed by atoms with E-state index >= 15 is 0 Å². The van der Waals surface area contributed by atoms with Crippen LogP contribution >= 0.6 is 0 Å². The maximum atomic E-state index is 12.3. The molecule has 0 amide bonds. The average Bonchev–Trinajstić information content (AvgIpc) is 2.87. The molecule has 0 spiro atoms. The van der Waals surface area contributed by atoms with E-state index < -0.39 is 5.97 Å². The van der Waals surface area contributed by atoms with E-state index in [4.69, 9.17) is 5.11 Å². The summed E-state index contributed by atoms with van der Waals surface area (Å²) in [4.78, 5) is 22.8. The van der Waals surface area contributed by atoms with Crippen LogP contribution in [-0.4, -0.2) is 21.4 Å². The van der Waals surface area contributed by atoms with Gasteiger partial charge in [-0.05, 0) is 18.6 Å². The number of aliphatic carboxylic acids is 1. The SMILES string of the molecule is O=C(O)CCCn1cccc1C(=O)c1ccccc1. The predicted molar refractivity (Wildman–Crippen MR) is 71.2 cm³/mol. The van der Waals surface area contributed by atoms with Crippen LogP contribution in [0.25, 0.3) is 0 Å². The minimum atomic E-state index is -0.817. The zero-order valence-electron chi connectivity index (χ0n) is 10.5. The first-order valence-electron chi connectivity index (χ1n) is 6.15. The minimum absolute atomic E-state index is 0.0408. The summed E-state index contributed by atoms with van der Waals surface area (Å²) in [6.07, 6.45) is 2.42. The molecule has 1 aromatic carbocycles. The van der Waals surface area contributed by atoms with Crippen LogP contribution in [0.15, 0.2) is 48.7 Å². The lowest BCUT2D eigenvalue weighted by atomic mass is 10.1. The number of rotatable bonds is 6. The highest BCUT2D eigenvalue weighted by molar-refractivity contribution is 6.07. The molecule has 98 valence electrons. The van der Waals surface area contributed by atoms with Crippen molar-refractivity contribution in [3.63, 3.8) is 0 Å². The monoisotopic (exact) mass is 257 g/mol.